The molecule has 0 spiro atoms. The van der Waals surface area contributed by atoms with Crippen LogP contribution in [-0.4, -0.2) is 34.3 Å². The molecular formula is C14H17N3OS. The summed E-state index contributed by atoms with van der Waals surface area (Å²) >= 11 is 1.93. The third-order valence-corrected chi connectivity index (χ3v) is 4.90. The lowest BCUT2D eigenvalue weighted by Crippen LogP contribution is -2.45. The van der Waals surface area contributed by atoms with E-state index in [0.29, 0.717) is 18.3 Å². The fraction of sp³-hybridized carbons (Fsp3) is 0.429. The highest BCUT2D eigenvalue weighted by molar-refractivity contribution is 7.99. The van der Waals surface area contributed by atoms with E-state index in [-0.39, 0.29) is 12.1 Å². The molecule has 4 nitrogen and oxygen atoms in total. The van der Waals surface area contributed by atoms with Gasteiger partial charge in [0, 0.05) is 6.54 Å². The smallest absolute Gasteiger partial charge is 0.346 e. The van der Waals surface area contributed by atoms with Gasteiger partial charge in [-0.05, 0) is 29.4 Å². The predicted octanol–water partition coefficient (Wildman–Crippen LogP) is 2.10. The number of carbonyl (C=O) groups is 1. The first kappa shape index (κ1) is 12.5. The van der Waals surface area contributed by atoms with Crippen LogP contribution in [0.5, 0.6) is 0 Å². The van der Waals surface area contributed by atoms with Crippen molar-refractivity contribution in [2.24, 2.45) is 16.6 Å². The summed E-state index contributed by atoms with van der Waals surface area (Å²) in [7, 11) is 0. The highest BCUT2D eigenvalue weighted by Crippen LogP contribution is 2.32. The van der Waals surface area contributed by atoms with Gasteiger partial charge in [-0.3, -0.25) is 0 Å². The van der Waals surface area contributed by atoms with E-state index in [0.717, 1.165) is 23.5 Å². The summed E-state index contributed by atoms with van der Waals surface area (Å²) in [5.74, 6) is 3.17. The maximum absolute atomic E-state index is 12.0. The monoisotopic (exact) mass is 275 g/mol. The number of amides is 2. The quantitative estimate of drug-likeness (QED) is 0.919. The number of hydrogen-bond donors (Lipinski definition) is 1. The molecule has 100 valence electrons. The van der Waals surface area contributed by atoms with Gasteiger partial charge in [0.1, 0.15) is 5.84 Å². The van der Waals surface area contributed by atoms with Crippen LogP contribution in [-0.2, 0) is 6.54 Å². The lowest BCUT2D eigenvalue weighted by molar-refractivity contribution is 0.190. The molecular weight excluding hydrogens is 258 g/mol. The molecule has 19 heavy (non-hydrogen) atoms. The highest BCUT2D eigenvalue weighted by Gasteiger charge is 2.40. The van der Waals surface area contributed by atoms with Crippen LogP contribution in [0.15, 0.2) is 35.3 Å². The SMILES string of the molecule is NC1=NC(=O)N(Cc2ccccc2)C1C1CCSC1. The predicted molar refractivity (Wildman–Crippen MR) is 78.2 cm³/mol. The van der Waals surface area contributed by atoms with Crippen LogP contribution in [0.4, 0.5) is 4.79 Å². The van der Waals surface area contributed by atoms with E-state index in [2.05, 4.69) is 4.99 Å². The van der Waals surface area contributed by atoms with Gasteiger partial charge in [0.25, 0.3) is 0 Å². The summed E-state index contributed by atoms with van der Waals surface area (Å²) in [6.45, 7) is 0.593. The van der Waals surface area contributed by atoms with Gasteiger partial charge < -0.3 is 10.6 Å². The average molecular weight is 275 g/mol. The molecule has 5 heteroatoms. The van der Waals surface area contributed by atoms with E-state index < -0.39 is 0 Å². The summed E-state index contributed by atoms with van der Waals surface area (Å²) in [6, 6.07) is 9.81. The summed E-state index contributed by atoms with van der Waals surface area (Å²) in [5.41, 5.74) is 7.09. The zero-order chi connectivity index (χ0) is 13.2. The third-order valence-electron chi connectivity index (χ3n) is 3.72. The Hall–Kier alpha value is -1.49. The molecule has 0 saturated carbocycles. The standard InChI is InChI=1S/C14H17N3OS/c15-13-12(11-6-7-19-9-11)17(14(18)16-13)8-10-4-2-1-3-5-10/h1-5,11-12H,6-9H2,(H2,15,16,18). The molecule has 0 bridgehead atoms. The second-order valence-corrected chi connectivity index (χ2v) is 6.15. The molecule has 2 aliphatic heterocycles. The Labute approximate surface area is 117 Å². The zero-order valence-electron chi connectivity index (χ0n) is 10.7. The van der Waals surface area contributed by atoms with Gasteiger partial charge in [-0.2, -0.15) is 16.8 Å². The van der Waals surface area contributed by atoms with Crippen molar-refractivity contribution in [3.8, 4) is 0 Å². The molecule has 1 aromatic rings. The zero-order valence-corrected chi connectivity index (χ0v) is 11.5. The number of nitrogens with two attached hydrogens (primary N) is 1. The van der Waals surface area contributed by atoms with Gasteiger partial charge >= 0.3 is 6.03 Å². The minimum absolute atomic E-state index is 0.0114. The maximum atomic E-state index is 12.0. The molecule has 3 rings (SSSR count). The van der Waals surface area contributed by atoms with Gasteiger partial charge in [-0.25, -0.2) is 4.79 Å². The van der Waals surface area contributed by atoms with Gasteiger partial charge in [-0.1, -0.05) is 30.3 Å². The van der Waals surface area contributed by atoms with Gasteiger partial charge in [0.05, 0.1) is 6.04 Å². The van der Waals surface area contributed by atoms with E-state index >= 15 is 0 Å². The lowest BCUT2D eigenvalue weighted by Gasteiger charge is -2.28. The first-order chi connectivity index (χ1) is 9.25. The second-order valence-electron chi connectivity index (χ2n) is 5.00. The Balaban J connectivity index is 1.80. The Morgan fingerprint density at radius 1 is 1.37 bits per heavy atom. The second kappa shape index (κ2) is 5.25. The first-order valence-electron chi connectivity index (χ1n) is 6.52. The fourth-order valence-electron chi connectivity index (χ4n) is 2.76. The van der Waals surface area contributed by atoms with Crippen LogP contribution in [0.1, 0.15) is 12.0 Å². The van der Waals surface area contributed by atoms with Crippen LogP contribution >= 0.6 is 11.8 Å². The molecule has 2 unspecified atom stereocenters. The molecule has 2 aliphatic rings. The van der Waals surface area contributed by atoms with Crippen LogP contribution < -0.4 is 5.73 Å². The van der Waals surface area contributed by atoms with E-state index in [9.17, 15) is 4.79 Å². The lowest BCUT2D eigenvalue weighted by atomic mass is 9.97. The number of urea groups is 1. The molecule has 0 radical (unpaired) electrons. The number of aliphatic imine (C=N–C) groups is 1. The van der Waals surface area contributed by atoms with Gasteiger partial charge in [0.2, 0.25) is 0 Å². The molecule has 2 heterocycles. The van der Waals surface area contributed by atoms with E-state index in [1.165, 1.54) is 0 Å². The molecule has 1 aromatic carbocycles. The normalized spacial score (nSPS) is 26.8. The number of hydrogen-bond acceptors (Lipinski definition) is 3. The third kappa shape index (κ3) is 2.47. The van der Waals surface area contributed by atoms with E-state index in [1.807, 2.05) is 47.0 Å². The molecule has 1 fully saturated rings. The minimum Gasteiger partial charge on any atom is -0.385 e. The fourth-order valence-corrected chi connectivity index (χ4v) is 4.05. The molecule has 0 aliphatic carbocycles. The first-order valence-corrected chi connectivity index (χ1v) is 7.67. The average Bonchev–Trinajstić information content (AvgIpc) is 3.00. The van der Waals surface area contributed by atoms with Crippen molar-refractivity contribution < 1.29 is 4.79 Å². The van der Waals surface area contributed by atoms with Crippen molar-refractivity contribution in [1.29, 1.82) is 0 Å². The van der Waals surface area contributed by atoms with E-state index in [4.69, 9.17) is 5.73 Å². The number of carbonyl (C=O) groups excluding carboxylic acids is 1. The molecule has 2 atom stereocenters. The van der Waals surface area contributed by atoms with Crippen molar-refractivity contribution >= 4 is 23.6 Å². The minimum atomic E-state index is -0.191. The van der Waals surface area contributed by atoms with Crippen LogP contribution in [0.25, 0.3) is 0 Å². The molecule has 2 amide bonds. The molecule has 1 saturated heterocycles. The van der Waals surface area contributed by atoms with Crippen molar-refractivity contribution in [2.45, 2.75) is 19.0 Å². The number of thioether (sulfide) groups is 1. The molecule has 2 N–H and O–H groups in total. The summed E-state index contributed by atoms with van der Waals surface area (Å²) in [5, 5.41) is 0. The Kier molecular flexibility index (Phi) is 3.46. The van der Waals surface area contributed by atoms with Crippen LogP contribution in [0.2, 0.25) is 0 Å². The maximum Gasteiger partial charge on any atom is 0.346 e. The number of rotatable bonds is 3. The van der Waals surface area contributed by atoms with Crippen LogP contribution in [0.3, 0.4) is 0 Å². The molecule has 0 aromatic heterocycles. The Bertz CT molecular complexity index is 497. The van der Waals surface area contributed by atoms with Crippen molar-refractivity contribution in [3.05, 3.63) is 35.9 Å². The number of benzene rings is 1. The van der Waals surface area contributed by atoms with Gasteiger partial charge in [0.15, 0.2) is 0 Å². The number of amidine groups is 1. The van der Waals surface area contributed by atoms with Crippen LogP contribution in [0, 0.1) is 5.92 Å². The van der Waals surface area contributed by atoms with Crippen molar-refractivity contribution in [2.75, 3.05) is 11.5 Å². The summed E-state index contributed by atoms with van der Waals surface area (Å²) < 4.78 is 0. The highest BCUT2D eigenvalue weighted by atomic mass is 32.2. The summed E-state index contributed by atoms with van der Waals surface area (Å²) in [6.07, 6.45) is 1.12. The topological polar surface area (TPSA) is 58.7 Å². The summed E-state index contributed by atoms with van der Waals surface area (Å²) in [4.78, 5) is 17.8. The number of nitrogens with zero attached hydrogens (tertiary/aromatic N) is 2. The Morgan fingerprint density at radius 3 is 2.84 bits per heavy atom. The van der Waals surface area contributed by atoms with E-state index in [1.54, 1.807) is 0 Å². The largest absolute Gasteiger partial charge is 0.385 e. The van der Waals surface area contributed by atoms with Crippen molar-refractivity contribution in [1.82, 2.24) is 4.90 Å². The van der Waals surface area contributed by atoms with Crippen molar-refractivity contribution in [3.63, 3.8) is 0 Å². The van der Waals surface area contributed by atoms with Gasteiger partial charge in [-0.15, -0.1) is 0 Å². The Morgan fingerprint density at radius 2 is 2.16 bits per heavy atom.